The molecule has 19 heavy (non-hydrogen) atoms. The Balaban J connectivity index is 1.72. The van der Waals surface area contributed by atoms with Gasteiger partial charge in [-0.1, -0.05) is 42.5 Å². The summed E-state index contributed by atoms with van der Waals surface area (Å²) >= 11 is 0. The third kappa shape index (κ3) is 2.40. The van der Waals surface area contributed by atoms with Crippen LogP contribution >= 0.6 is 0 Å². The number of hydrogen-bond donors (Lipinski definition) is 1. The van der Waals surface area contributed by atoms with Crippen LogP contribution < -0.4 is 5.73 Å². The average Bonchev–Trinajstić information content (AvgIpc) is 3.12. The van der Waals surface area contributed by atoms with Gasteiger partial charge in [-0.3, -0.25) is 0 Å². The Hall–Kier alpha value is -1.68. The molecule has 4 nitrogen and oxygen atoms in total. The van der Waals surface area contributed by atoms with E-state index >= 15 is 0 Å². The molecular weight excluding hydrogens is 236 g/mol. The lowest BCUT2D eigenvalue weighted by atomic mass is 10.0. The van der Waals surface area contributed by atoms with Gasteiger partial charge in [0.2, 0.25) is 0 Å². The molecule has 0 amide bonds. The molecule has 1 aliphatic rings. The molecule has 0 aliphatic heterocycles. The SMILES string of the molecule is CCCn1nncc1C(N)C1CC1c1ccccc1. The highest BCUT2D eigenvalue weighted by Gasteiger charge is 2.43. The molecule has 1 saturated carbocycles. The van der Waals surface area contributed by atoms with Crippen molar-refractivity contribution >= 4 is 0 Å². The van der Waals surface area contributed by atoms with Gasteiger partial charge in [-0.25, -0.2) is 4.68 Å². The number of nitrogens with zero attached hydrogens (tertiary/aromatic N) is 3. The maximum Gasteiger partial charge on any atom is 0.0757 e. The molecule has 2 aromatic rings. The molecule has 100 valence electrons. The number of benzene rings is 1. The summed E-state index contributed by atoms with van der Waals surface area (Å²) in [6, 6.07) is 10.7. The van der Waals surface area contributed by atoms with Crippen molar-refractivity contribution in [2.24, 2.45) is 11.7 Å². The summed E-state index contributed by atoms with van der Waals surface area (Å²) in [5, 5.41) is 8.12. The summed E-state index contributed by atoms with van der Waals surface area (Å²) in [5.41, 5.74) is 8.88. The van der Waals surface area contributed by atoms with Gasteiger partial charge < -0.3 is 5.73 Å². The summed E-state index contributed by atoms with van der Waals surface area (Å²) in [4.78, 5) is 0. The molecular formula is C15H20N4. The average molecular weight is 256 g/mol. The molecule has 4 heteroatoms. The lowest BCUT2D eigenvalue weighted by Gasteiger charge is -2.12. The second-order valence-corrected chi connectivity index (χ2v) is 5.32. The van der Waals surface area contributed by atoms with Crippen LogP contribution in [0, 0.1) is 5.92 Å². The second-order valence-electron chi connectivity index (χ2n) is 5.32. The predicted octanol–water partition coefficient (Wildman–Crippen LogP) is 2.49. The van der Waals surface area contributed by atoms with Gasteiger partial charge >= 0.3 is 0 Å². The van der Waals surface area contributed by atoms with Gasteiger partial charge in [-0.2, -0.15) is 0 Å². The molecule has 1 heterocycles. The Kier molecular flexibility index (Phi) is 3.34. The molecule has 0 spiro atoms. The molecule has 3 unspecified atom stereocenters. The third-order valence-electron chi connectivity index (χ3n) is 3.95. The Morgan fingerprint density at radius 2 is 2.16 bits per heavy atom. The fourth-order valence-corrected chi connectivity index (χ4v) is 2.82. The Morgan fingerprint density at radius 3 is 2.89 bits per heavy atom. The fraction of sp³-hybridized carbons (Fsp3) is 0.467. The van der Waals surface area contributed by atoms with E-state index in [1.807, 2.05) is 10.9 Å². The summed E-state index contributed by atoms with van der Waals surface area (Å²) in [5.74, 6) is 1.12. The Morgan fingerprint density at radius 1 is 1.37 bits per heavy atom. The normalized spacial score (nSPS) is 23.3. The largest absolute Gasteiger partial charge is 0.322 e. The van der Waals surface area contributed by atoms with Gasteiger partial charge in [0.25, 0.3) is 0 Å². The van der Waals surface area contributed by atoms with Crippen molar-refractivity contribution in [1.29, 1.82) is 0 Å². The molecule has 1 fully saturated rings. The maximum atomic E-state index is 6.40. The van der Waals surface area contributed by atoms with Crippen molar-refractivity contribution in [3.63, 3.8) is 0 Å². The molecule has 0 bridgehead atoms. The molecule has 0 saturated heterocycles. The monoisotopic (exact) mass is 256 g/mol. The first-order chi connectivity index (χ1) is 9.31. The first-order valence-corrected chi connectivity index (χ1v) is 7.00. The van der Waals surface area contributed by atoms with Crippen LogP contribution in [0.1, 0.15) is 43.0 Å². The minimum atomic E-state index is 0.0479. The van der Waals surface area contributed by atoms with E-state index in [2.05, 4.69) is 47.6 Å². The van der Waals surface area contributed by atoms with Crippen LogP contribution in [0.4, 0.5) is 0 Å². The van der Waals surface area contributed by atoms with E-state index in [-0.39, 0.29) is 6.04 Å². The highest BCUT2D eigenvalue weighted by atomic mass is 15.4. The van der Waals surface area contributed by atoms with Gasteiger partial charge in [0.15, 0.2) is 0 Å². The van der Waals surface area contributed by atoms with Crippen LogP contribution in [0.2, 0.25) is 0 Å². The summed E-state index contributed by atoms with van der Waals surface area (Å²) in [6.45, 7) is 3.03. The standard InChI is InChI=1S/C15H20N4/c1-2-8-19-14(10-17-18-19)15(16)13-9-12(13)11-6-4-3-5-7-11/h3-7,10,12-13,15H,2,8-9,16H2,1H3. The summed E-state index contributed by atoms with van der Waals surface area (Å²) < 4.78 is 1.95. The quantitative estimate of drug-likeness (QED) is 0.894. The fourth-order valence-electron chi connectivity index (χ4n) is 2.82. The van der Waals surface area contributed by atoms with Crippen LogP contribution in [-0.4, -0.2) is 15.0 Å². The van der Waals surface area contributed by atoms with E-state index in [0.29, 0.717) is 11.8 Å². The first kappa shape index (κ1) is 12.4. The van der Waals surface area contributed by atoms with Crippen molar-refractivity contribution in [2.75, 3.05) is 0 Å². The van der Waals surface area contributed by atoms with Crippen LogP contribution in [0.15, 0.2) is 36.5 Å². The van der Waals surface area contributed by atoms with Crippen LogP contribution in [-0.2, 0) is 6.54 Å². The van der Waals surface area contributed by atoms with Crippen molar-refractivity contribution in [3.8, 4) is 0 Å². The minimum Gasteiger partial charge on any atom is -0.322 e. The van der Waals surface area contributed by atoms with Crippen molar-refractivity contribution in [3.05, 3.63) is 47.8 Å². The second kappa shape index (κ2) is 5.13. The zero-order chi connectivity index (χ0) is 13.2. The molecule has 0 radical (unpaired) electrons. The molecule has 3 atom stereocenters. The first-order valence-electron chi connectivity index (χ1n) is 7.00. The number of aryl methyl sites for hydroxylation is 1. The third-order valence-corrected chi connectivity index (χ3v) is 3.95. The van der Waals surface area contributed by atoms with Crippen LogP contribution in [0.3, 0.4) is 0 Å². The minimum absolute atomic E-state index is 0.0479. The summed E-state index contributed by atoms with van der Waals surface area (Å²) in [6.07, 6.45) is 4.04. The van der Waals surface area contributed by atoms with E-state index in [0.717, 1.165) is 18.7 Å². The van der Waals surface area contributed by atoms with Crippen molar-refractivity contribution in [1.82, 2.24) is 15.0 Å². The number of rotatable bonds is 5. The van der Waals surface area contributed by atoms with Gasteiger partial charge in [-0.15, -0.1) is 5.10 Å². The van der Waals surface area contributed by atoms with E-state index in [1.54, 1.807) is 0 Å². The highest BCUT2D eigenvalue weighted by molar-refractivity contribution is 5.28. The van der Waals surface area contributed by atoms with Crippen LogP contribution in [0.5, 0.6) is 0 Å². The van der Waals surface area contributed by atoms with Gasteiger partial charge in [0.1, 0.15) is 0 Å². The van der Waals surface area contributed by atoms with Crippen LogP contribution in [0.25, 0.3) is 0 Å². The van der Waals surface area contributed by atoms with E-state index in [4.69, 9.17) is 5.73 Å². The van der Waals surface area contributed by atoms with Crippen molar-refractivity contribution in [2.45, 2.75) is 38.3 Å². The van der Waals surface area contributed by atoms with Gasteiger partial charge in [0.05, 0.1) is 17.9 Å². The molecule has 3 rings (SSSR count). The van der Waals surface area contributed by atoms with Gasteiger partial charge in [-0.05, 0) is 30.2 Å². The zero-order valence-electron chi connectivity index (χ0n) is 11.2. The lowest BCUT2D eigenvalue weighted by molar-refractivity contribution is 0.500. The van der Waals surface area contributed by atoms with E-state index in [1.165, 1.54) is 12.0 Å². The van der Waals surface area contributed by atoms with E-state index < -0.39 is 0 Å². The lowest BCUT2D eigenvalue weighted by Crippen LogP contribution is -2.18. The Labute approximate surface area is 113 Å². The highest BCUT2D eigenvalue weighted by Crippen LogP contribution is 2.52. The van der Waals surface area contributed by atoms with E-state index in [9.17, 15) is 0 Å². The number of aromatic nitrogens is 3. The summed E-state index contributed by atoms with van der Waals surface area (Å²) in [7, 11) is 0. The molecule has 1 aromatic carbocycles. The predicted molar refractivity (Wildman–Crippen MR) is 74.5 cm³/mol. The molecule has 1 aliphatic carbocycles. The topological polar surface area (TPSA) is 56.7 Å². The van der Waals surface area contributed by atoms with Gasteiger partial charge in [0, 0.05) is 6.54 Å². The zero-order valence-corrected chi connectivity index (χ0v) is 11.2. The maximum absolute atomic E-state index is 6.40. The number of hydrogen-bond acceptors (Lipinski definition) is 3. The van der Waals surface area contributed by atoms with Crippen molar-refractivity contribution < 1.29 is 0 Å². The molecule has 2 N–H and O–H groups in total. The Bertz CT molecular complexity index is 534. The molecule has 1 aromatic heterocycles. The smallest absolute Gasteiger partial charge is 0.0757 e. The number of nitrogens with two attached hydrogens (primary N) is 1.